The Kier molecular flexibility index (Phi) is 8.24. The van der Waals surface area contributed by atoms with Gasteiger partial charge < -0.3 is 30.3 Å². The maximum Gasteiger partial charge on any atom is 0.323 e. The first-order valence-corrected chi connectivity index (χ1v) is 10.9. The van der Waals surface area contributed by atoms with Gasteiger partial charge in [0.25, 0.3) is 5.91 Å². The fourth-order valence-corrected chi connectivity index (χ4v) is 3.60. The van der Waals surface area contributed by atoms with E-state index in [1.165, 1.54) is 18.2 Å². The van der Waals surface area contributed by atoms with Crippen LogP contribution in [-0.4, -0.2) is 62.8 Å². The zero-order valence-electron chi connectivity index (χ0n) is 19.4. The topological polar surface area (TPSA) is 91.9 Å². The Bertz CT molecular complexity index is 987. The van der Waals surface area contributed by atoms with Crippen LogP contribution in [0.4, 0.5) is 20.6 Å². The zero-order chi connectivity index (χ0) is 24.0. The quantitative estimate of drug-likeness (QED) is 0.654. The number of nitrogens with one attached hydrogen (secondary N) is 3. The van der Waals surface area contributed by atoms with Crippen molar-refractivity contribution in [2.24, 2.45) is 5.92 Å². The molecule has 3 N–H and O–H groups in total. The largest absolute Gasteiger partial charge is 0.491 e. The number of hydrogen-bond donors (Lipinski definition) is 3. The lowest BCUT2D eigenvalue weighted by atomic mass is 10.0. The van der Waals surface area contributed by atoms with Crippen molar-refractivity contribution in [2.75, 3.05) is 44.5 Å². The smallest absolute Gasteiger partial charge is 0.323 e. The number of rotatable bonds is 3. The highest BCUT2D eigenvalue weighted by Crippen LogP contribution is 2.26. The van der Waals surface area contributed by atoms with Gasteiger partial charge in [-0.3, -0.25) is 4.79 Å². The van der Waals surface area contributed by atoms with Crippen LogP contribution in [0.3, 0.4) is 0 Å². The summed E-state index contributed by atoms with van der Waals surface area (Å²) in [6.07, 6.45) is -0.138. The second-order valence-corrected chi connectivity index (χ2v) is 8.36. The average molecular weight is 459 g/mol. The molecule has 0 saturated heterocycles. The Morgan fingerprint density at radius 2 is 1.91 bits per heavy atom. The summed E-state index contributed by atoms with van der Waals surface area (Å²) in [4.78, 5) is 27.2. The van der Waals surface area contributed by atoms with Gasteiger partial charge in [0.15, 0.2) is 0 Å². The molecule has 33 heavy (non-hydrogen) atoms. The molecule has 2 aromatic carbocycles. The SMILES string of the molecule is CO[C@H]1CN(C)C(=O)c2cc(NC(=O)Nc3cccc(F)c3)ccc2OC[C@H](C)NC[C@@H]1C. The predicted octanol–water partition coefficient (Wildman–Crippen LogP) is 3.56. The minimum Gasteiger partial charge on any atom is -0.491 e. The first kappa shape index (κ1) is 24.5. The fourth-order valence-electron chi connectivity index (χ4n) is 3.60. The highest BCUT2D eigenvalue weighted by Gasteiger charge is 2.25. The van der Waals surface area contributed by atoms with Crippen LogP contribution in [0.2, 0.25) is 0 Å². The van der Waals surface area contributed by atoms with Crippen molar-refractivity contribution in [1.82, 2.24) is 10.2 Å². The van der Waals surface area contributed by atoms with Crippen LogP contribution in [0.5, 0.6) is 5.75 Å². The molecular weight excluding hydrogens is 427 g/mol. The predicted molar refractivity (Wildman–Crippen MR) is 125 cm³/mol. The van der Waals surface area contributed by atoms with E-state index in [-0.39, 0.29) is 24.0 Å². The van der Waals surface area contributed by atoms with Crippen LogP contribution in [0.25, 0.3) is 0 Å². The van der Waals surface area contributed by atoms with Crippen LogP contribution in [0.1, 0.15) is 24.2 Å². The maximum atomic E-state index is 13.4. The number of methoxy groups -OCH3 is 1. The molecule has 0 bridgehead atoms. The van der Waals surface area contributed by atoms with Gasteiger partial charge in [-0.25, -0.2) is 9.18 Å². The van der Waals surface area contributed by atoms with Gasteiger partial charge in [0, 0.05) is 44.7 Å². The number of ether oxygens (including phenoxy) is 2. The van der Waals surface area contributed by atoms with Crippen LogP contribution < -0.4 is 20.7 Å². The third kappa shape index (κ3) is 6.66. The molecule has 1 heterocycles. The number of halogens is 1. The summed E-state index contributed by atoms with van der Waals surface area (Å²) in [7, 11) is 3.36. The van der Waals surface area contributed by atoms with E-state index in [1.54, 1.807) is 43.3 Å². The summed E-state index contributed by atoms with van der Waals surface area (Å²) < 4.78 is 24.9. The third-order valence-electron chi connectivity index (χ3n) is 5.57. The lowest BCUT2D eigenvalue weighted by Crippen LogP contribution is -2.44. The van der Waals surface area contributed by atoms with Crippen LogP contribution in [-0.2, 0) is 4.74 Å². The number of anilines is 2. The minimum absolute atomic E-state index is 0.0694. The summed E-state index contributed by atoms with van der Waals surface area (Å²) in [6, 6.07) is 10.00. The second-order valence-electron chi connectivity index (χ2n) is 8.36. The monoisotopic (exact) mass is 458 g/mol. The molecule has 0 aliphatic carbocycles. The van der Waals surface area contributed by atoms with E-state index >= 15 is 0 Å². The lowest BCUT2D eigenvalue weighted by Gasteiger charge is -2.30. The van der Waals surface area contributed by atoms with E-state index < -0.39 is 11.8 Å². The van der Waals surface area contributed by atoms with Crippen LogP contribution in [0, 0.1) is 11.7 Å². The number of fused-ring (bicyclic) bond motifs is 1. The summed E-state index contributed by atoms with van der Waals surface area (Å²) >= 11 is 0. The first-order chi connectivity index (χ1) is 15.8. The number of carbonyl (C=O) groups is 2. The molecule has 0 saturated carbocycles. The van der Waals surface area contributed by atoms with Crippen molar-refractivity contribution in [3.05, 3.63) is 53.8 Å². The van der Waals surface area contributed by atoms with Crippen molar-refractivity contribution in [3.63, 3.8) is 0 Å². The number of urea groups is 1. The number of benzene rings is 2. The highest BCUT2D eigenvalue weighted by atomic mass is 19.1. The molecule has 0 spiro atoms. The molecule has 0 unspecified atom stereocenters. The van der Waals surface area contributed by atoms with Gasteiger partial charge in [0.2, 0.25) is 0 Å². The molecule has 3 atom stereocenters. The van der Waals surface area contributed by atoms with Crippen molar-refractivity contribution in [1.29, 1.82) is 0 Å². The second kappa shape index (κ2) is 11.1. The summed E-state index contributed by atoms with van der Waals surface area (Å²) in [5.74, 6) is -0.0781. The molecule has 178 valence electrons. The van der Waals surface area contributed by atoms with E-state index in [0.717, 1.165) is 6.54 Å². The van der Waals surface area contributed by atoms with Gasteiger partial charge in [-0.05, 0) is 49.2 Å². The number of likely N-dealkylation sites (N-methyl/N-ethyl adjacent to an activating group) is 1. The normalized spacial score (nSPS) is 21.8. The van der Waals surface area contributed by atoms with Crippen LogP contribution >= 0.6 is 0 Å². The molecule has 1 aliphatic rings. The highest BCUT2D eigenvalue weighted by molar-refractivity contribution is 6.02. The number of amides is 3. The molecule has 9 heteroatoms. The van der Waals surface area contributed by atoms with Crippen molar-refractivity contribution in [2.45, 2.75) is 26.0 Å². The Labute approximate surface area is 193 Å². The summed E-state index contributed by atoms with van der Waals surface area (Å²) in [5, 5.41) is 8.69. The molecule has 2 aromatic rings. The summed E-state index contributed by atoms with van der Waals surface area (Å²) in [5.41, 5.74) is 1.05. The van der Waals surface area contributed by atoms with E-state index in [1.807, 2.05) is 6.92 Å². The fraction of sp³-hybridized carbons (Fsp3) is 0.417. The molecule has 0 fully saturated rings. The van der Waals surface area contributed by atoms with Gasteiger partial charge in [-0.15, -0.1) is 0 Å². The van der Waals surface area contributed by atoms with E-state index in [2.05, 4.69) is 22.9 Å². The van der Waals surface area contributed by atoms with Gasteiger partial charge >= 0.3 is 6.03 Å². The molecule has 8 nitrogen and oxygen atoms in total. The summed E-state index contributed by atoms with van der Waals surface area (Å²) in [6.45, 7) is 5.61. The Hall–Kier alpha value is -3.17. The number of nitrogens with zero attached hydrogens (tertiary/aromatic N) is 1. The Balaban J connectivity index is 1.82. The van der Waals surface area contributed by atoms with Gasteiger partial charge in [0.05, 0.1) is 11.7 Å². The number of hydrogen-bond acceptors (Lipinski definition) is 5. The van der Waals surface area contributed by atoms with Crippen molar-refractivity contribution >= 4 is 23.3 Å². The van der Waals surface area contributed by atoms with Crippen LogP contribution in [0.15, 0.2) is 42.5 Å². The minimum atomic E-state index is -0.554. The maximum absolute atomic E-state index is 13.4. The van der Waals surface area contributed by atoms with E-state index in [9.17, 15) is 14.0 Å². The van der Waals surface area contributed by atoms with E-state index in [4.69, 9.17) is 9.47 Å². The first-order valence-electron chi connectivity index (χ1n) is 10.9. The average Bonchev–Trinajstić information content (AvgIpc) is 2.78. The van der Waals surface area contributed by atoms with E-state index in [0.29, 0.717) is 35.8 Å². The zero-order valence-corrected chi connectivity index (χ0v) is 19.4. The molecule has 0 aromatic heterocycles. The molecule has 0 radical (unpaired) electrons. The Morgan fingerprint density at radius 1 is 1.18 bits per heavy atom. The lowest BCUT2D eigenvalue weighted by molar-refractivity contribution is 0.0281. The molecule has 1 aliphatic heterocycles. The van der Waals surface area contributed by atoms with Gasteiger partial charge in [0.1, 0.15) is 18.2 Å². The number of carbonyl (C=O) groups excluding carboxylic acids is 2. The molecule has 3 amide bonds. The third-order valence-corrected chi connectivity index (χ3v) is 5.57. The van der Waals surface area contributed by atoms with Gasteiger partial charge in [-0.2, -0.15) is 0 Å². The Morgan fingerprint density at radius 3 is 2.61 bits per heavy atom. The molecular formula is C24H31FN4O4. The molecule has 3 rings (SSSR count). The van der Waals surface area contributed by atoms with Gasteiger partial charge in [-0.1, -0.05) is 13.0 Å². The standard InChI is InChI=1S/C24H31FN4O4/c1-15-12-26-16(2)14-33-21-9-8-19(11-20(21)23(30)29(3)13-22(15)32-4)28-24(31)27-18-7-5-6-17(25)10-18/h5-11,15-16,22,26H,12-14H2,1-4H3,(H2,27,28,31)/t15-,16-,22-/m0/s1. The van der Waals surface area contributed by atoms with Crippen molar-refractivity contribution < 1.29 is 23.5 Å². The van der Waals surface area contributed by atoms with Crippen molar-refractivity contribution in [3.8, 4) is 5.75 Å².